The molecule has 0 saturated carbocycles. The second-order valence-electron chi connectivity index (χ2n) is 5.65. The number of nitrogens with zero attached hydrogens (tertiary/aromatic N) is 1. The van der Waals surface area contributed by atoms with Gasteiger partial charge in [0.05, 0.1) is 19.8 Å². The summed E-state index contributed by atoms with van der Waals surface area (Å²) in [5, 5.41) is 2.73. The molecule has 1 rings (SSSR count). The van der Waals surface area contributed by atoms with Gasteiger partial charge in [0.2, 0.25) is 0 Å². The van der Waals surface area contributed by atoms with Crippen LogP contribution in [0.5, 0.6) is 5.75 Å². The van der Waals surface area contributed by atoms with E-state index in [-0.39, 0.29) is 18.0 Å². The largest absolute Gasteiger partial charge is 0.497 e. The number of methoxy groups -OCH3 is 1. The number of amidine groups is 1. The first-order valence-corrected chi connectivity index (χ1v) is 8.21. The Balaban J connectivity index is 2.79. The van der Waals surface area contributed by atoms with Gasteiger partial charge in [-0.3, -0.25) is 10.1 Å². The molecule has 1 amide bonds. The molecule has 0 spiro atoms. The number of ether oxygens (including phenoxy) is 3. The molecule has 6 nitrogen and oxygen atoms in total. The van der Waals surface area contributed by atoms with Crippen LogP contribution >= 0.6 is 0 Å². The van der Waals surface area contributed by atoms with Crippen molar-refractivity contribution in [3.8, 4) is 5.75 Å². The molecule has 0 unspecified atom stereocenters. The third-order valence-corrected chi connectivity index (χ3v) is 3.51. The van der Waals surface area contributed by atoms with Crippen LogP contribution in [0.4, 0.5) is 0 Å². The molecule has 0 radical (unpaired) electrons. The predicted octanol–water partition coefficient (Wildman–Crippen LogP) is 2.88. The van der Waals surface area contributed by atoms with Crippen LogP contribution in [0.1, 0.15) is 38.1 Å². The SMILES string of the molecule is CCOCCOC(=N[C@H](C)C(C)C)NC(=O)c1cccc(OC)c1. The van der Waals surface area contributed by atoms with Crippen molar-refractivity contribution in [2.24, 2.45) is 10.9 Å². The summed E-state index contributed by atoms with van der Waals surface area (Å²) in [7, 11) is 1.56. The van der Waals surface area contributed by atoms with E-state index < -0.39 is 0 Å². The van der Waals surface area contributed by atoms with Gasteiger partial charge in [0.25, 0.3) is 11.9 Å². The van der Waals surface area contributed by atoms with Crippen LogP contribution in [-0.2, 0) is 9.47 Å². The second kappa shape index (κ2) is 10.6. The highest BCUT2D eigenvalue weighted by Crippen LogP contribution is 2.12. The molecule has 0 aliphatic rings. The van der Waals surface area contributed by atoms with Gasteiger partial charge in [-0.05, 0) is 38.0 Å². The summed E-state index contributed by atoms with van der Waals surface area (Å²) < 4.78 is 16.0. The zero-order chi connectivity index (χ0) is 17.9. The number of carbonyl (C=O) groups is 1. The molecule has 1 atom stereocenters. The zero-order valence-electron chi connectivity index (χ0n) is 15.2. The molecular formula is C18H28N2O4. The molecule has 134 valence electrons. The highest BCUT2D eigenvalue weighted by atomic mass is 16.5. The van der Waals surface area contributed by atoms with Crippen molar-refractivity contribution in [2.75, 3.05) is 26.9 Å². The summed E-state index contributed by atoms with van der Waals surface area (Å²) in [6, 6.07) is 7.16. The van der Waals surface area contributed by atoms with Crippen LogP contribution in [-0.4, -0.2) is 44.9 Å². The smallest absolute Gasteiger partial charge is 0.292 e. The molecule has 6 heteroatoms. The topological polar surface area (TPSA) is 69.2 Å². The minimum absolute atomic E-state index is 0.0257. The molecule has 1 N–H and O–H groups in total. The normalized spacial score (nSPS) is 12.8. The van der Waals surface area contributed by atoms with Crippen molar-refractivity contribution < 1.29 is 19.0 Å². The van der Waals surface area contributed by atoms with Crippen LogP contribution < -0.4 is 10.1 Å². The molecule has 1 aromatic rings. The lowest BCUT2D eigenvalue weighted by molar-refractivity contribution is 0.0920. The van der Waals surface area contributed by atoms with Gasteiger partial charge in [0.15, 0.2) is 0 Å². The van der Waals surface area contributed by atoms with E-state index in [0.29, 0.717) is 37.1 Å². The summed E-state index contributed by atoms with van der Waals surface area (Å²) in [5.74, 6) is 0.665. The Labute approximate surface area is 144 Å². The maximum atomic E-state index is 12.4. The Bertz CT molecular complexity index is 544. The molecule has 0 saturated heterocycles. The first kappa shape index (κ1) is 20.0. The molecule has 0 aliphatic heterocycles. The number of hydrogen-bond acceptors (Lipinski definition) is 5. The molecule has 0 aliphatic carbocycles. The number of aliphatic imine (C=N–C) groups is 1. The Morgan fingerprint density at radius 3 is 2.62 bits per heavy atom. The van der Waals surface area contributed by atoms with E-state index in [9.17, 15) is 4.79 Å². The van der Waals surface area contributed by atoms with Gasteiger partial charge in [0.1, 0.15) is 12.4 Å². The highest BCUT2D eigenvalue weighted by Gasteiger charge is 2.14. The fourth-order valence-corrected chi connectivity index (χ4v) is 1.71. The lowest BCUT2D eigenvalue weighted by Crippen LogP contribution is -2.34. The number of hydrogen-bond donors (Lipinski definition) is 1. The quantitative estimate of drug-likeness (QED) is 0.450. The summed E-state index contributed by atoms with van der Waals surface area (Å²) in [4.78, 5) is 16.9. The number of carbonyl (C=O) groups excluding carboxylic acids is 1. The van der Waals surface area contributed by atoms with E-state index in [1.807, 2.05) is 13.8 Å². The number of rotatable bonds is 8. The van der Waals surface area contributed by atoms with Gasteiger partial charge < -0.3 is 14.2 Å². The van der Waals surface area contributed by atoms with Crippen molar-refractivity contribution >= 4 is 11.9 Å². The number of nitrogens with one attached hydrogen (secondary N) is 1. The summed E-state index contributed by atoms with van der Waals surface area (Å²) in [6.07, 6.45) is 0. The van der Waals surface area contributed by atoms with Crippen LogP contribution in [0.15, 0.2) is 29.3 Å². The van der Waals surface area contributed by atoms with Gasteiger partial charge in [-0.1, -0.05) is 19.9 Å². The number of benzene rings is 1. The molecular weight excluding hydrogens is 308 g/mol. The molecule has 0 heterocycles. The fraction of sp³-hybridized carbons (Fsp3) is 0.556. The van der Waals surface area contributed by atoms with Crippen LogP contribution in [0.2, 0.25) is 0 Å². The maximum Gasteiger partial charge on any atom is 0.292 e. The first-order chi connectivity index (χ1) is 11.5. The second-order valence-corrected chi connectivity index (χ2v) is 5.65. The van der Waals surface area contributed by atoms with Crippen LogP contribution in [0, 0.1) is 5.92 Å². The third kappa shape index (κ3) is 7.00. The lowest BCUT2D eigenvalue weighted by atomic mass is 10.1. The third-order valence-electron chi connectivity index (χ3n) is 3.51. The summed E-state index contributed by atoms with van der Waals surface area (Å²) >= 11 is 0. The Morgan fingerprint density at radius 1 is 1.25 bits per heavy atom. The summed E-state index contributed by atoms with van der Waals surface area (Å²) in [6.45, 7) is 9.42. The van der Waals surface area contributed by atoms with Gasteiger partial charge in [0, 0.05) is 12.2 Å². The van der Waals surface area contributed by atoms with Gasteiger partial charge in [-0.25, -0.2) is 4.99 Å². The zero-order valence-corrected chi connectivity index (χ0v) is 15.2. The fourth-order valence-electron chi connectivity index (χ4n) is 1.71. The molecule has 0 fully saturated rings. The van der Waals surface area contributed by atoms with E-state index in [1.54, 1.807) is 31.4 Å². The lowest BCUT2D eigenvalue weighted by Gasteiger charge is -2.15. The van der Waals surface area contributed by atoms with E-state index in [0.717, 1.165) is 0 Å². The van der Waals surface area contributed by atoms with Crippen LogP contribution in [0.3, 0.4) is 0 Å². The van der Waals surface area contributed by atoms with Crippen molar-refractivity contribution in [3.05, 3.63) is 29.8 Å². The highest BCUT2D eigenvalue weighted by molar-refractivity contribution is 6.04. The minimum Gasteiger partial charge on any atom is -0.497 e. The van der Waals surface area contributed by atoms with Crippen molar-refractivity contribution in [2.45, 2.75) is 33.7 Å². The van der Waals surface area contributed by atoms with Crippen molar-refractivity contribution in [3.63, 3.8) is 0 Å². The van der Waals surface area contributed by atoms with E-state index >= 15 is 0 Å². The van der Waals surface area contributed by atoms with Crippen LogP contribution in [0.25, 0.3) is 0 Å². The average Bonchev–Trinajstić information content (AvgIpc) is 2.58. The van der Waals surface area contributed by atoms with Gasteiger partial charge >= 0.3 is 0 Å². The molecule has 24 heavy (non-hydrogen) atoms. The molecule has 1 aromatic carbocycles. The monoisotopic (exact) mass is 336 g/mol. The predicted molar refractivity (Wildman–Crippen MR) is 94.6 cm³/mol. The summed E-state index contributed by atoms with van der Waals surface area (Å²) in [5.41, 5.74) is 0.479. The van der Waals surface area contributed by atoms with Crippen molar-refractivity contribution in [1.29, 1.82) is 0 Å². The van der Waals surface area contributed by atoms with E-state index in [1.165, 1.54) is 0 Å². The minimum atomic E-state index is -0.292. The van der Waals surface area contributed by atoms with E-state index in [2.05, 4.69) is 24.2 Å². The molecule has 0 bridgehead atoms. The molecule has 0 aromatic heterocycles. The van der Waals surface area contributed by atoms with E-state index in [4.69, 9.17) is 14.2 Å². The Morgan fingerprint density at radius 2 is 2.00 bits per heavy atom. The Kier molecular flexibility index (Phi) is 8.86. The van der Waals surface area contributed by atoms with Gasteiger partial charge in [-0.2, -0.15) is 0 Å². The first-order valence-electron chi connectivity index (χ1n) is 8.21. The average molecular weight is 336 g/mol. The van der Waals surface area contributed by atoms with Crippen molar-refractivity contribution in [1.82, 2.24) is 5.32 Å². The number of amides is 1. The standard InChI is InChI=1S/C18H28N2O4/c1-6-23-10-11-24-18(19-14(4)13(2)3)20-17(21)15-8-7-9-16(12-15)22-5/h7-9,12-14H,6,10-11H2,1-5H3,(H,19,20,21)/t14-/m1/s1. The maximum absolute atomic E-state index is 12.4. The van der Waals surface area contributed by atoms with Gasteiger partial charge in [-0.15, -0.1) is 0 Å². The Hall–Kier alpha value is -2.08.